The first-order chi connectivity index (χ1) is 9.61. The Hall–Kier alpha value is -1.68. The summed E-state index contributed by atoms with van der Waals surface area (Å²) < 4.78 is 6.17. The summed E-state index contributed by atoms with van der Waals surface area (Å²) in [4.78, 5) is 16.6. The Morgan fingerprint density at radius 1 is 1.45 bits per heavy atom. The van der Waals surface area contributed by atoms with Crippen molar-refractivity contribution in [2.24, 2.45) is 0 Å². The van der Waals surface area contributed by atoms with Crippen molar-refractivity contribution >= 4 is 21.9 Å². The van der Waals surface area contributed by atoms with Crippen molar-refractivity contribution in [2.75, 3.05) is 6.61 Å². The van der Waals surface area contributed by atoms with Gasteiger partial charge in [0.25, 0.3) is 0 Å². The summed E-state index contributed by atoms with van der Waals surface area (Å²) in [6.45, 7) is 4.03. The fourth-order valence-electron chi connectivity index (χ4n) is 2.58. The number of esters is 1. The highest BCUT2D eigenvalue weighted by Gasteiger charge is 2.24. The third-order valence-corrected chi connectivity index (χ3v) is 4.27. The molecule has 0 saturated carbocycles. The number of carbonyl (C=O) groups excluding carboxylic acids is 1. The van der Waals surface area contributed by atoms with E-state index in [-0.39, 0.29) is 5.97 Å². The van der Waals surface area contributed by atoms with Gasteiger partial charge in [0.05, 0.1) is 23.6 Å². The van der Waals surface area contributed by atoms with Gasteiger partial charge in [0.15, 0.2) is 0 Å². The second-order valence-corrected chi connectivity index (χ2v) is 5.65. The molecule has 0 bridgehead atoms. The maximum atomic E-state index is 11.9. The average molecular weight is 332 g/mol. The largest absolute Gasteiger partial charge is 0.462 e. The lowest BCUT2D eigenvalue weighted by molar-refractivity contribution is 0.0525. The van der Waals surface area contributed by atoms with Crippen LogP contribution < -0.4 is 0 Å². The summed E-state index contributed by atoms with van der Waals surface area (Å²) in [5.74, 6) is -0.296. The van der Waals surface area contributed by atoms with Gasteiger partial charge in [-0.15, -0.1) is 0 Å². The van der Waals surface area contributed by atoms with Crippen molar-refractivity contribution in [3.63, 3.8) is 0 Å². The highest BCUT2D eigenvalue weighted by Crippen LogP contribution is 2.39. The summed E-state index contributed by atoms with van der Waals surface area (Å²) in [5, 5.41) is 0. The molecule has 0 spiro atoms. The summed E-state index contributed by atoms with van der Waals surface area (Å²) >= 11 is 3.58. The molecule has 1 aromatic heterocycles. The van der Waals surface area contributed by atoms with Gasteiger partial charge in [0.2, 0.25) is 0 Å². The molecular weight excluding hydrogens is 318 g/mol. The molecule has 0 fully saturated rings. The highest BCUT2D eigenvalue weighted by molar-refractivity contribution is 9.10. The number of halogens is 1. The topological polar surface area (TPSA) is 39.2 Å². The molecular formula is C16H14BrNO2. The molecule has 0 N–H and O–H groups in total. The Morgan fingerprint density at radius 2 is 2.25 bits per heavy atom. The van der Waals surface area contributed by atoms with E-state index < -0.39 is 0 Å². The fourth-order valence-corrected chi connectivity index (χ4v) is 3.09. The summed E-state index contributed by atoms with van der Waals surface area (Å²) in [6, 6.07) is 8.03. The minimum atomic E-state index is -0.296. The summed E-state index contributed by atoms with van der Waals surface area (Å²) in [7, 11) is 0. The molecule has 1 aromatic carbocycles. The molecule has 0 aliphatic heterocycles. The number of fused-ring (bicyclic) bond motifs is 3. The first-order valence-corrected chi connectivity index (χ1v) is 7.36. The van der Waals surface area contributed by atoms with E-state index >= 15 is 0 Å². The summed E-state index contributed by atoms with van der Waals surface area (Å²) in [6.07, 6.45) is 0.797. The first-order valence-electron chi connectivity index (χ1n) is 6.57. The number of hydrogen-bond donors (Lipinski definition) is 0. The monoisotopic (exact) mass is 331 g/mol. The van der Waals surface area contributed by atoms with E-state index in [1.54, 1.807) is 6.92 Å². The number of carbonyl (C=O) groups is 1. The van der Waals surface area contributed by atoms with Crippen LogP contribution in [0, 0.1) is 6.92 Å². The summed E-state index contributed by atoms with van der Waals surface area (Å²) in [5.41, 5.74) is 5.72. The molecule has 0 saturated heterocycles. The average Bonchev–Trinajstić information content (AvgIpc) is 2.78. The van der Waals surface area contributed by atoms with Crippen LogP contribution in [0.1, 0.15) is 34.1 Å². The zero-order valence-corrected chi connectivity index (χ0v) is 13.0. The lowest BCUT2D eigenvalue weighted by Gasteiger charge is -2.08. The van der Waals surface area contributed by atoms with Gasteiger partial charge in [-0.2, -0.15) is 0 Å². The van der Waals surface area contributed by atoms with Gasteiger partial charge in [-0.3, -0.25) is 4.98 Å². The normalized spacial score (nSPS) is 11.9. The van der Waals surface area contributed by atoms with E-state index in [4.69, 9.17) is 4.74 Å². The molecule has 0 radical (unpaired) electrons. The highest BCUT2D eigenvalue weighted by atomic mass is 79.9. The van der Waals surface area contributed by atoms with Crippen LogP contribution in [-0.4, -0.2) is 17.6 Å². The molecule has 20 heavy (non-hydrogen) atoms. The van der Waals surface area contributed by atoms with Crippen molar-refractivity contribution in [1.29, 1.82) is 0 Å². The van der Waals surface area contributed by atoms with Crippen LogP contribution in [0.3, 0.4) is 0 Å². The number of ether oxygens (including phenoxy) is 1. The Kier molecular flexibility index (Phi) is 3.34. The maximum absolute atomic E-state index is 11.9. The van der Waals surface area contributed by atoms with Gasteiger partial charge in [-0.05, 0) is 37.1 Å². The van der Waals surface area contributed by atoms with Gasteiger partial charge < -0.3 is 4.74 Å². The number of pyridine rings is 1. The molecule has 3 rings (SSSR count). The minimum absolute atomic E-state index is 0.296. The Bertz CT molecular complexity index is 710. The van der Waals surface area contributed by atoms with Gasteiger partial charge in [-0.25, -0.2) is 4.79 Å². The molecule has 0 atom stereocenters. The second kappa shape index (κ2) is 5.02. The van der Waals surface area contributed by atoms with Crippen LogP contribution in [0.5, 0.6) is 0 Å². The Morgan fingerprint density at radius 3 is 3.00 bits per heavy atom. The van der Waals surface area contributed by atoms with E-state index in [2.05, 4.69) is 27.0 Å². The van der Waals surface area contributed by atoms with Crippen molar-refractivity contribution in [3.05, 3.63) is 51.1 Å². The van der Waals surface area contributed by atoms with Crippen LogP contribution in [-0.2, 0) is 11.2 Å². The quantitative estimate of drug-likeness (QED) is 0.668. The zero-order valence-electron chi connectivity index (χ0n) is 11.4. The molecule has 3 nitrogen and oxygen atoms in total. The van der Waals surface area contributed by atoms with Gasteiger partial charge in [0.1, 0.15) is 0 Å². The van der Waals surface area contributed by atoms with Crippen molar-refractivity contribution < 1.29 is 9.53 Å². The fraction of sp³-hybridized carbons (Fsp3) is 0.250. The predicted molar refractivity (Wildman–Crippen MR) is 80.9 cm³/mol. The standard InChI is InChI=1S/C16H14BrNO2/c1-3-20-16(19)12-7-10-8-13-11(5-4-6-14(13)17)15(10)18-9(12)2/h4-7H,3,8H2,1-2H3. The Balaban J connectivity index is 2.11. The van der Waals surface area contributed by atoms with Gasteiger partial charge in [0, 0.05) is 16.5 Å². The minimum Gasteiger partial charge on any atom is -0.462 e. The number of rotatable bonds is 2. The number of benzene rings is 1. The molecule has 0 amide bonds. The van der Waals surface area contributed by atoms with Gasteiger partial charge >= 0.3 is 5.97 Å². The van der Waals surface area contributed by atoms with Crippen molar-refractivity contribution in [1.82, 2.24) is 4.98 Å². The molecule has 1 aliphatic carbocycles. The molecule has 0 unspecified atom stereocenters. The molecule has 102 valence electrons. The van der Waals surface area contributed by atoms with E-state index in [1.165, 1.54) is 5.56 Å². The lowest BCUT2D eigenvalue weighted by atomic mass is 10.1. The molecule has 1 heterocycles. The van der Waals surface area contributed by atoms with E-state index in [0.717, 1.165) is 33.4 Å². The zero-order chi connectivity index (χ0) is 14.3. The van der Waals surface area contributed by atoms with E-state index in [1.807, 2.05) is 25.1 Å². The van der Waals surface area contributed by atoms with Crippen LogP contribution in [0.4, 0.5) is 0 Å². The lowest BCUT2D eigenvalue weighted by Crippen LogP contribution is -2.09. The van der Waals surface area contributed by atoms with Crippen molar-refractivity contribution in [2.45, 2.75) is 20.3 Å². The van der Waals surface area contributed by atoms with Crippen LogP contribution >= 0.6 is 15.9 Å². The van der Waals surface area contributed by atoms with E-state index in [0.29, 0.717) is 12.2 Å². The smallest absolute Gasteiger partial charge is 0.339 e. The number of nitrogens with zero attached hydrogens (tertiary/aromatic N) is 1. The molecule has 2 aromatic rings. The second-order valence-electron chi connectivity index (χ2n) is 4.79. The maximum Gasteiger partial charge on any atom is 0.339 e. The third kappa shape index (κ3) is 2.04. The number of aryl methyl sites for hydroxylation is 1. The van der Waals surface area contributed by atoms with E-state index in [9.17, 15) is 4.79 Å². The van der Waals surface area contributed by atoms with Crippen LogP contribution in [0.2, 0.25) is 0 Å². The third-order valence-electron chi connectivity index (χ3n) is 3.53. The Labute approximate surface area is 126 Å². The van der Waals surface area contributed by atoms with Crippen LogP contribution in [0.25, 0.3) is 11.3 Å². The first kappa shape index (κ1) is 13.3. The molecule has 4 heteroatoms. The number of hydrogen-bond acceptors (Lipinski definition) is 3. The van der Waals surface area contributed by atoms with Gasteiger partial charge in [-0.1, -0.05) is 28.1 Å². The predicted octanol–water partition coefficient (Wildman–Crippen LogP) is 3.90. The van der Waals surface area contributed by atoms with Crippen LogP contribution in [0.15, 0.2) is 28.7 Å². The number of aromatic nitrogens is 1. The SMILES string of the molecule is CCOC(=O)c1cc2c(nc1C)-c1cccc(Br)c1C2. The molecule has 1 aliphatic rings. The van der Waals surface area contributed by atoms with Crippen molar-refractivity contribution in [3.8, 4) is 11.3 Å².